The second-order valence-corrected chi connectivity index (χ2v) is 6.36. The molecule has 1 saturated heterocycles. The Balaban J connectivity index is 1.69. The van der Waals surface area contributed by atoms with E-state index in [0.717, 1.165) is 38.4 Å². The van der Waals surface area contributed by atoms with Crippen LogP contribution < -0.4 is 10.2 Å². The monoisotopic (exact) mass is 327 g/mol. The summed E-state index contributed by atoms with van der Waals surface area (Å²) >= 11 is 0. The highest BCUT2D eigenvalue weighted by Crippen LogP contribution is 2.18. The van der Waals surface area contributed by atoms with Crippen LogP contribution >= 0.6 is 0 Å². The molecule has 2 aromatic rings. The van der Waals surface area contributed by atoms with Crippen LogP contribution in [0.1, 0.15) is 32.3 Å². The average Bonchev–Trinajstić information content (AvgIpc) is 3.12. The number of benzene rings is 1. The lowest BCUT2D eigenvalue weighted by atomic mass is 10.2. The Kier molecular flexibility index (Phi) is 5.59. The molecule has 1 aromatic carbocycles. The maximum absolute atomic E-state index is 5.62. The van der Waals surface area contributed by atoms with Gasteiger partial charge in [0, 0.05) is 25.7 Å². The molecule has 0 spiro atoms. The SMILES string of the molecule is CC(C)N(Cc1ccccc1)c1cnnc(NCC2CCCO2)n1. The van der Waals surface area contributed by atoms with Crippen molar-refractivity contribution in [3.8, 4) is 0 Å². The molecular formula is C18H25N5O. The van der Waals surface area contributed by atoms with Gasteiger partial charge in [0.1, 0.15) is 0 Å². The van der Waals surface area contributed by atoms with Gasteiger partial charge >= 0.3 is 0 Å². The fraction of sp³-hybridized carbons (Fsp3) is 0.500. The molecule has 0 aliphatic carbocycles. The predicted octanol–water partition coefficient (Wildman–Crippen LogP) is 2.88. The first-order valence-electron chi connectivity index (χ1n) is 8.58. The van der Waals surface area contributed by atoms with Crippen LogP contribution in [-0.4, -0.2) is 40.5 Å². The van der Waals surface area contributed by atoms with Gasteiger partial charge < -0.3 is 15.0 Å². The van der Waals surface area contributed by atoms with Gasteiger partial charge in [-0.25, -0.2) is 0 Å². The van der Waals surface area contributed by atoms with Crippen LogP contribution in [0.3, 0.4) is 0 Å². The number of nitrogens with one attached hydrogen (secondary N) is 1. The molecule has 1 aliphatic heterocycles. The standard InChI is InChI=1S/C18H25N5O/c1-14(2)23(13-15-7-4-3-5-8-15)17-12-20-22-18(21-17)19-11-16-9-6-10-24-16/h3-5,7-8,12,14,16H,6,9-11,13H2,1-2H3,(H,19,21,22). The van der Waals surface area contributed by atoms with E-state index in [1.807, 2.05) is 6.07 Å². The van der Waals surface area contributed by atoms with Gasteiger partial charge in [0.05, 0.1) is 12.3 Å². The molecular weight excluding hydrogens is 302 g/mol. The van der Waals surface area contributed by atoms with Gasteiger partial charge in [-0.2, -0.15) is 10.1 Å². The summed E-state index contributed by atoms with van der Waals surface area (Å²) in [6, 6.07) is 10.7. The Morgan fingerprint density at radius 2 is 2.12 bits per heavy atom. The third-order valence-corrected chi connectivity index (χ3v) is 4.17. The Morgan fingerprint density at radius 3 is 2.83 bits per heavy atom. The smallest absolute Gasteiger partial charge is 0.244 e. The second-order valence-electron chi connectivity index (χ2n) is 6.36. The van der Waals surface area contributed by atoms with Crippen LogP contribution in [0.4, 0.5) is 11.8 Å². The van der Waals surface area contributed by atoms with Gasteiger partial charge in [-0.1, -0.05) is 30.3 Å². The van der Waals surface area contributed by atoms with E-state index >= 15 is 0 Å². The topological polar surface area (TPSA) is 63.2 Å². The first-order chi connectivity index (χ1) is 11.7. The van der Waals surface area contributed by atoms with Crippen molar-refractivity contribution in [3.63, 3.8) is 0 Å². The maximum Gasteiger partial charge on any atom is 0.244 e. The van der Waals surface area contributed by atoms with Gasteiger partial charge in [-0.05, 0) is 32.3 Å². The molecule has 1 aromatic heterocycles. The molecule has 128 valence electrons. The second kappa shape index (κ2) is 8.06. The number of anilines is 2. The molecule has 1 atom stereocenters. The Labute approximate surface area is 143 Å². The summed E-state index contributed by atoms with van der Waals surface area (Å²) in [4.78, 5) is 6.86. The number of hydrogen-bond donors (Lipinski definition) is 1. The molecule has 6 nitrogen and oxygen atoms in total. The normalized spacial score (nSPS) is 17.2. The van der Waals surface area contributed by atoms with E-state index in [-0.39, 0.29) is 6.10 Å². The minimum Gasteiger partial charge on any atom is -0.376 e. The van der Waals surface area contributed by atoms with Crippen molar-refractivity contribution < 1.29 is 4.74 Å². The zero-order chi connectivity index (χ0) is 16.8. The van der Waals surface area contributed by atoms with Crippen molar-refractivity contribution in [2.75, 3.05) is 23.4 Å². The third kappa shape index (κ3) is 4.41. The van der Waals surface area contributed by atoms with Gasteiger partial charge in [-0.3, -0.25) is 0 Å². The molecule has 0 amide bonds. The first-order valence-corrected chi connectivity index (χ1v) is 8.58. The zero-order valence-electron chi connectivity index (χ0n) is 14.4. The molecule has 6 heteroatoms. The van der Waals surface area contributed by atoms with Crippen LogP contribution in [0.5, 0.6) is 0 Å². The molecule has 0 saturated carbocycles. The molecule has 1 unspecified atom stereocenters. The van der Waals surface area contributed by atoms with Gasteiger partial charge in [-0.15, -0.1) is 5.10 Å². The van der Waals surface area contributed by atoms with Crippen LogP contribution in [-0.2, 0) is 11.3 Å². The van der Waals surface area contributed by atoms with Crippen LogP contribution in [0.15, 0.2) is 36.5 Å². The van der Waals surface area contributed by atoms with Crippen molar-refractivity contribution in [2.45, 2.75) is 45.4 Å². The Bertz CT molecular complexity index is 628. The van der Waals surface area contributed by atoms with Crippen LogP contribution in [0.25, 0.3) is 0 Å². The van der Waals surface area contributed by atoms with E-state index in [9.17, 15) is 0 Å². The van der Waals surface area contributed by atoms with Crippen molar-refractivity contribution in [1.29, 1.82) is 0 Å². The first kappa shape index (κ1) is 16.6. The zero-order valence-corrected chi connectivity index (χ0v) is 14.4. The molecule has 0 bridgehead atoms. The van der Waals surface area contributed by atoms with E-state index in [4.69, 9.17) is 4.74 Å². The minimum atomic E-state index is 0.253. The fourth-order valence-corrected chi connectivity index (χ4v) is 2.83. The van der Waals surface area contributed by atoms with Gasteiger partial charge in [0.25, 0.3) is 0 Å². The van der Waals surface area contributed by atoms with E-state index in [2.05, 4.69) is 63.5 Å². The lowest BCUT2D eigenvalue weighted by molar-refractivity contribution is 0.120. The summed E-state index contributed by atoms with van der Waals surface area (Å²) in [6.07, 6.45) is 4.19. The number of nitrogens with zero attached hydrogens (tertiary/aromatic N) is 4. The lowest BCUT2D eigenvalue weighted by Gasteiger charge is -2.27. The van der Waals surface area contributed by atoms with E-state index in [0.29, 0.717) is 12.0 Å². The molecule has 1 aliphatic rings. The van der Waals surface area contributed by atoms with Gasteiger partial charge in [0.15, 0.2) is 5.82 Å². The van der Waals surface area contributed by atoms with Crippen LogP contribution in [0.2, 0.25) is 0 Å². The minimum absolute atomic E-state index is 0.253. The lowest BCUT2D eigenvalue weighted by Crippen LogP contribution is -2.31. The van der Waals surface area contributed by atoms with E-state index < -0.39 is 0 Å². The fourth-order valence-electron chi connectivity index (χ4n) is 2.83. The highest BCUT2D eigenvalue weighted by molar-refractivity contribution is 5.42. The summed E-state index contributed by atoms with van der Waals surface area (Å²) < 4.78 is 5.62. The highest BCUT2D eigenvalue weighted by atomic mass is 16.5. The third-order valence-electron chi connectivity index (χ3n) is 4.17. The Hall–Kier alpha value is -2.21. The highest BCUT2D eigenvalue weighted by Gasteiger charge is 2.17. The summed E-state index contributed by atoms with van der Waals surface area (Å²) in [5.41, 5.74) is 1.25. The van der Waals surface area contributed by atoms with E-state index in [1.54, 1.807) is 6.20 Å². The molecule has 2 heterocycles. The van der Waals surface area contributed by atoms with Crippen LogP contribution in [0, 0.1) is 0 Å². The largest absolute Gasteiger partial charge is 0.376 e. The van der Waals surface area contributed by atoms with Crippen molar-refractivity contribution >= 4 is 11.8 Å². The Morgan fingerprint density at radius 1 is 1.29 bits per heavy atom. The van der Waals surface area contributed by atoms with Gasteiger partial charge in [0.2, 0.25) is 5.95 Å². The molecule has 1 N–H and O–H groups in total. The number of aromatic nitrogens is 3. The van der Waals surface area contributed by atoms with Crippen molar-refractivity contribution in [1.82, 2.24) is 15.2 Å². The van der Waals surface area contributed by atoms with Crippen molar-refractivity contribution in [2.24, 2.45) is 0 Å². The quantitative estimate of drug-likeness (QED) is 0.844. The summed E-state index contributed by atoms with van der Waals surface area (Å²) in [6.45, 7) is 6.69. The number of hydrogen-bond acceptors (Lipinski definition) is 6. The number of rotatable bonds is 7. The molecule has 3 rings (SSSR count). The number of ether oxygens (including phenoxy) is 1. The maximum atomic E-state index is 5.62. The average molecular weight is 327 g/mol. The van der Waals surface area contributed by atoms with Crippen molar-refractivity contribution in [3.05, 3.63) is 42.1 Å². The predicted molar refractivity (Wildman–Crippen MR) is 95.1 cm³/mol. The molecule has 1 fully saturated rings. The van der Waals surface area contributed by atoms with E-state index in [1.165, 1.54) is 5.56 Å². The summed E-state index contributed by atoms with van der Waals surface area (Å²) in [5.74, 6) is 1.39. The summed E-state index contributed by atoms with van der Waals surface area (Å²) in [5, 5.41) is 11.5. The molecule has 0 radical (unpaired) electrons. The summed E-state index contributed by atoms with van der Waals surface area (Å²) in [7, 11) is 0. The molecule has 24 heavy (non-hydrogen) atoms.